The van der Waals surface area contributed by atoms with Gasteiger partial charge >= 0.3 is 5.97 Å². The quantitative estimate of drug-likeness (QED) is 0.0997. The van der Waals surface area contributed by atoms with E-state index in [9.17, 15) is 4.79 Å². The van der Waals surface area contributed by atoms with Crippen LogP contribution in [0.3, 0.4) is 0 Å². The number of unbranched alkanes of at least 4 members (excludes halogenated alkanes) is 23. The average molecular weight is 451 g/mol. The summed E-state index contributed by atoms with van der Waals surface area (Å²) in [5, 5.41) is 8.60. The van der Waals surface area contributed by atoms with Gasteiger partial charge in [-0.3, -0.25) is 4.79 Å². The van der Waals surface area contributed by atoms with Gasteiger partial charge in [0.1, 0.15) is 0 Å². The molecule has 0 fully saturated rings. The summed E-state index contributed by atoms with van der Waals surface area (Å²) < 4.78 is 0. The molecule has 0 amide bonds. The fourth-order valence-electron chi connectivity index (χ4n) is 4.47. The van der Waals surface area contributed by atoms with Crippen molar-refractivity contribution in [1.29, 1.82) is 0 Å². The largest absolute Gasteiger partial charge is 0.481 e. The number of aliphatic carboxylic acids is 1. The second kappa shape index (κ2) is 28.2. The molecule has 0 heterocycles. The van der Waals surface area contributed by atoms with Gasteiger partial charge in [-0.05, 0) is 32.1 Å². The van der Waals surface area contributed by atoms with E-state index in [4.69, 9.17) is 5.11 Å². The molecule has 0 rings (SSSR count). The van der Waals surface area contributed by atoms with Crippen LogP contribution >= 0.6 is 0 Å². The lowest BCUT2D eigenvalue weighted by molar-refractivity contribution is -0.137. The molecule has 32 heavy (non-hydrogen) atoms. The van der Waals surface area contributed by atoms with E-state index in [1.54, 1.807) is 0 Å². The minimum absolute atomic E-state index is 0.344. The van der Waals surface area contributed by atoms with Gasteiger partial charge in [0.05, 0.1) is 0 Å². The van der Waals surface area contributed by atoms with E-state index < -0.39 is 5.97 Å². The Morgan fingerprint density at radius 1 is 0.469 bits per heavy atom. The van der Waals surface area contributed by atoms with Gasteiger partial charge in [0.2, 0.25) is 0 Å². The zero-order chi connectivity index (χ0) is 23.4. The van der Waals surface area contributed by atoms with Crippen LogP contribution in [0.2, 0.25) is 0 Å². The smallest absolute Gasteiger partial charge is 0.303 e. The van der Waals surface area contributed by atoms with Crippen LogP contribution in [-0.2, 0) is 4.79 Å². The molecule has 2 heteroatoms. The molecule has 0 unspecified atom stereocenters. The average Bonchev–Trinajstić information content (AvgIpc) is 2.78. The summed E-state index contributed by atoms with van der Waals surface area (Å²) in [5.74, 6) is -0.651. The van der Waals surface area contributed by atoms with E-state index in [0.717, 1.165) is 12.8 Å². The molecule has 2 nitrogen and oxygen atoms in total. The maximum Gasteiger partial charge on any atom is 0.303 e. The molecule has 0 aliphatic carbocycles. The third-order valence-electron chi connectivity index (χ3n) is 6.65. The summed E-state index contributed by atoms with van der Waals surface area (Å²) >= 11 is 0. The zero-order valence-corrected chi connectivity index (χ0v) is 21.9. The van der Waals surface area contributed by atoms with Crippen molar-refractivity contribution < 1.29 is 9.90 Å². The zero-order valence-electron chi connectivity index (χ0n) is 21.9. The number of hydrogen-bond donors (Lipinski definition) is 1. The van der Waals surface area contributed by atoms with Crippen LogP contribution in [0.4, 0.5) is 0 Å². The fourth-order valence-corrected chi connectivity index (χ4v) is 4.47. The second-order valence-electron chi connectivity index (χ2n) is 9.97. The Balaban J connectivity index is 3.06. The lowest BCUT2D eigenvalue weighted by atomic mass is 10.0. The van der Waals surface area contributed by atoms with Crippen LogP contribution in [0.25, 0.3) is 0 Å². The number of rotatable bonds is 27. The molecule has 0 spiro atoms. The van der Waals surface area contributed by atoms with Gasteiger partial charge in [-0.1, -0.05) is 147 Å². The topological polar surface area (TPSA) is 37.3 Å². The monoisotopic (exact) mass is 450 g/mol. The maximum absolute atomic E-state index is 10.4. The molecule has 0 aromatic rings. The summed E-state index contributed by atoms with van der Waals surface area (Å²) in [6.07, 6.45) is 39.0. The first kappa shape index (κ1) is 31.2. The molecular formula is C30H58O2. The molecule has 0 aromatic carbocycles. The number of carboxylic acids is 1. The number of allylic oxidation sites excluding steroid dienone is 2. The summed E-state index contributed by atoms with van der Waals surface area (Å²) in [7, 11) is 0. The van der Waals surface area contributed by atoms with E-state index in [1.165, 1.54) is 148 Å². The molecular weight excluding hydrogens is 392 g/mol. The highest BCUT2D eigenvalue weighted by atomic mass is 16.4. The molecule has 0 radical (unpaired) electrons. The van der Waals surface area contributed by atoms with E-state index >= 15 is 0 Å². The Kier molecular flexibility index (Phi) is 27.5. The molecule has 0 saturated carbocycles. The van der Waals surface area contributed by atoms with Crippen molar-refractivity contribution in [2.24, 2.45) is 0 Å². The number of hydrogen-bond acceptors (Lipinski definition) is 1. The Morgan fingerprint density at radius 2 is 0.750 bits per heavy atom. The summed E-state index contributed by atoms with van der Waals surface area (Å²) in [6, 6.07) is 0. The van der Waals surface area contributed by atoms with Crippen molar-refractivity contribution in [3.05, 3.63) is 12.2 Å². The minimum Gasteiger partial charge on any atom is -0.481 e. The van der Waals surface area contributed by atoms with E-state index in [-0.39, 0.29) is 0 Å². The van der Waals surface area contributed by atoms with Crippen molar-refractivity contribution in [2.45, 2.75) is 174 Å². The standard InChI is InChI=1S/C30H58O2/c1-2-3-4-5-6-7-8-9-10-11-12-13-14-15-16-17-18-19-20-21-22-23-24-25-26-27-28-29-30(31)32/h9-10H,2-8,11-29H2,1H3,(H,31,32). The third kappa shape index (κ3) is 29.2. The van der Waals surface area contributed by atoms with Gasteiger partial charge in [0, 0.05) is 6.42 Å². The van der Waals surface area contributed by atoms with E-state index in [0.29, 0.717) is 6.42 Å². The highest BCUT2D eigenvalue weighted by Crippen LogP contribution is 2.15. The molecule has 0 aromatic heterocycles. The Hall–Kier alpha value is -0.790. The SMILES string of the molecule is CCCCCCCCC=CCCCCCCCCCCCCCCCCCCCC(=O)O. The van der Waals surface area contributed by atoms with Crippen molar-refractivity contribution in [3.8, 4) is 0 Å². The molecule has 0 bridgehead atoms. The van der Waals surface area contributed by atoms with Gasteiger partial charge in [-0.25, -0.2) is 0 Å². The van der Waals surface area contributed by atoms with Gasteiger partial charge in [-0.2, -0.15) is 0 Å². The first-order valence-corrected chi connectivity index (χ1v) is 14.6. The first-order chi connectivity index (χ1) is 15.8. The molecule has 0 aliphatic rings. The van der Waals surface area contributed by atoms with Gasteiger partial charge < -0.3 is 5.11 Å². The Labute approximate surface area is 202 Å². The first-order valence-electron chi connectivity index (χ1n) is 14.6. The highest BCUT2D eigenvalue weighted by Gasteiger charge is 1.97. The van der Waals surface area contributed by atoms with E-state index in [2.05, 4.69) is 19.1 Å². The predicted octanol–water partition coefficient (Wildman–Crippen LogP) is 10.8. The second-order valence-corrected chi connectivity index (χ2v) is 9.97. The van der Waals surface area contributed by atoms with Gasteiger partial charge in [-0.15, -0.1) is 0 Å². The van der Waals surface area contributed by atoms with Crippen LogP contribution in [0.15, 0.2) is 12.2 Å². The Bertz CT molecular complexity index is 388. The summed E-state index contributed by atoms with van der Waals surface area (Å²) in [6.45, 7) is 2.29. The van der Waals surface area contributed by atoms with Gasteiger partial charge in [0.25, 0.3) is 0 Å². The van der Waals surface area contributed by atoms with Crippen LogP contribution in [-0.4, -0.2) is 11.1 Å². The van der Waals surface area contributed by atoms with E-state index in [1.807, 2.05) is 0 Å². The summed E-state index contributed by atoms with van der Waals surface area (Å²) in [5.41, 5.74) is 0. The summed E-state index contributed by atoms with van der Waals surface area (Å²) in [4.78, 5) is 10.4. The van der Waals surface area contributed by atoms with Crippen LogP contribution in [0.1, 0.15) is 174 Å². The van der Waals surface area contributed by atoms with Crippen molar-refractivity contribution >= 4 is 5.97 Å². The third-order valence-corrected chi connectivity index (χ3v) is 6.65. The molecule has 1 N–H and O–H groups in total. The molecule has 190 valence electrons. The van der Waals surface area contributed by atoms with Crippen LogP contribution < -0.4 is 0 Å². The lowest BCUT2D eigenvalue weighted by Gasteiger charge is -2.03. The normalized spacial score (nSPS) is 11.5. The van der Waals surface area contributed by atoms with Crippen molar-refractivity contribution in [2.75, 3.05) is 0 Å². The number of carbonyl (C=O) groups is 1. The lowest BCUT2D eigenvalue weighted by Crippen LogP contribution is -1.93. The van der Waals surface area contributed by atoms with Crippen molar-refractivity contribution in [3.63, 3.8) is 0 Å². The highest BCUT2D eigenvalue weighted by molar-refractivity contribution is 5.66. The molecule has 0 aliphatic heterocycles. The van der Waals surface area contributed by atoms with Crippen LogP contribution in [0.5, 0.6) is 0 Å². The maximum atomic E-state index is 10.4. The minimum atomic E-state index is -0.651. The number of carboxylic acid groups (broad SMARTS) is 1. The molecule has 0 saturated heterocycles. The van der Waals surface area contributed by atoms with Crippen LogP contribution in [0, 0.1) is 0 Å². The van der Waals surface area contributed by atoms with Crippen molar-refractivity contribution in [1.82, 2.24) is 0 Å². The fraction of sp³-hybridized carbons (Fsp3) is 0.900. The Morgan fingerprint density at radius 3 is 1.06 bits per heavy atom. The van der Waals surface area contributed by atoms with Gasteiger partial charge in [0.15, 0.2) is 0 Å². The predicted molar refractivity (Wildman–Crippen MR) is 142 cm³/mol. The molecule has 0 atom stereocenters.